The van der Waals surface area contributed by atoms with Crippen molar-refractivity contribution >= 4 is 12.2 Å². The quantitative estimate of drug-likeness (QED) is 0.607. The fourth-order valence-electron chi connectivity index (χ4n) is 1.47. The van der Waals surface area contributed by atoms with Gasteiger partial charge in [0.15, 0.2) is 12.4 Å². The van der Waals surface area contributed by atoms with Gasteiger partial charge in [-0.05, 0) is 24.6 Å². The predicted molar refractivity (Wildman–Crippen MR) is 63.2 cm³/mol. The van der Waals surface area contributed by atoms with Crippen LogP contribution in [0, 0.1) is 0 Å². The van der Waals surface area contributed by atoms with Crippen molar-refractivity contribution in [3.8, 4) is 5.75 Å². The number of nitrogens with two attached hydrogens (primary N) is 1. The van der Waals surface area contributed by atoms with Gasteiger partial charge in [0, 0.05) is 0 Å². The SMILES string of the molecule is CCOc1ccc(C(O)C(O)C(N)=O)cc1C=O. The number of carbonyl (C=O) groups is 2. The summed E-state index contributed by atoms with van der Waals surface area (Å²) in [5, 5.41) is 19.0. The summed E-state index contributed by atoms with van der Waals surface area (Å²) in [4.78, 5) is 21.6. The van der Waals surface area contributed by atoms with E-state index in [1.807, 2.05) is 0 Å². The molecular weight excluding hydrogens is 238 g/mol. The molecule has 0 fully saturated rings. The topological polar surface area (TPSA) is 110 Å². The molecule has 1 aromatic carbocycles. The molecule has 0 spiro atoms. The molecule has 1 aromatic rings. The van der Waals surface area contributed by atoms with E-state index >= 15 is 0 Å². The molecule has 0 saturated heterocycles. The highest BCUT2D eigenvalue weighted by Gasteiger charge is 2.24. The highest BCUT2D eigenvalue weighted by Crippen LogP contribution is 2.24. The molecule has 0 bridgehead atoms. The smallest absolute Gasteiger partial charge is 0.249 e. The Morgan fingerprint density at radius 1 is 1.50 bits per heavy atom. The number of rotatable bonds is 6. The Labute approximate surface area is 104 Å². The van der Waals surface area contributed by atoms with Gasteiger partial charge >= 0.3 is 0 Å². The molecule has 0 aliphatic rings. The van der Waals surface area contributed by atoms with E-state index in [2.05, 4.69) is 0 Å². The first-order valence-corrected chi connectivity index (χ1v) is 5.38. The van der Waals surface area contributed by atoms with Gasteiger partial charge in [0.05, 0.1) is 12.2 Å². The molecule has 98 valence electrons. The first kappa shape index (κ1) is 14.1. The maximum absolute atomic E-state index is 10.9. The molecule has 2 atom stereocenters. The third-order valence-electron chi connectivity index (χ3n) is 2.39. The van der Waals surface area contributed by atoms with Gasteiger partial charge < -0.3 is 20.7 Å². The van der Waals surface area contributed by atoms with E-state index in [-0.39, 0.29) is 11.1 Å². The molecule has 0 heterocycles. The summed E-state index contributed by atoms with van der Waals surface area (Å²) < 4.78 is 5.20. The van der Waals surface area contributed by atoms with Crippen molar-refractivity contribution in [3.63, 3.8) is 0 Å². The molecular formula is C12H15NO5. The molecule has 18 heavy (non-hydrogen) atoms. The molecule has 0 aromatic heterocycles. The summed E-state index contributed by atoms with van der Waals surface area (Å²) in [5.41, 5.74) is 5.32. The monoisotopic (exact) mass is 253 g/mol. The van der Waals surface area contributed by atoms with Crippen molar-refractivity contribution in [2.75, 3.05) is 6.61 Å². The average molecular weight is 253 g/mol. The summed E-state index contributed by atoms with van der Waals surface area (Å²) >= 11 is 0. The predicted octanol–water partition coefficient (Wildman–Crippen LogP) is -0.223. The zero-order valence-corrected chi connectivity index (χ0v) is 9.87. The fourth-order valence-corrected chi connectivity index (χ4v) is 1.47. The number of benzene rings is 1. The van der Waals surface area contributed by atoms with E-state index in [1.165, 1.54) is 18.2 Å². The highest BCUT2D eigenvalue weighted by molar-refractivity contribution is 5.81. The minimum absolute atomic E-state index is 0.215. The number of aliphatic hydroxyl groups is 2. The number of hydrogen-bond acceptors (Lipinski definition) is 5. The van der Waals surface area contributed by atoms with E-state index in [4.69, 9.17) is 10.5 Å². The molecule has 6 nitrogen and oxygen atoms in total. The van der Waals surface area contributed by atoms with Gasteiger partial charge in [-0.3, -0.25) is 9.59 Å². The molecule has 0 saturated carbocycles. The third-order valence-corrected chi connectivity index (χ3v) is 2.39. The van der Waals surface area contributed by atoms with Crippen LogP contribution < -0.4 is 10.5 Å². The Bertz CT molecular complexity index is 446. The lowest BCUT2D eigenvalue weighted by atomic mass is 10.0. The molecule has 2 unspecified atom stereocenters. The third kappa shape index (κ3) is 3.06. The lowest BCUT2D eigenvalue weighted by molar-refractivity contribution is -0.131. The fraction of sp³-hybridized carbons (Fsp3) is 0.333. The van der Waals surface area contributed by atoms with E-state index in [0.29, 0.717) is 18.6 Å². The van der Waals surface area contributed by atoms with Crippen LogP contribution in [-0.4, -0.2) is 35.1 Å². The van der Waals surface area contributed by atoms with Crippen LogP contribution in [0.15, 0.2) is 18.2 Å². The van der Waals surface area contributed by atoms with Gasteiger partial charge in [-0.25, -0.2) is 0 Å². The van der Waals surface area contributed by atoms with Crippen molar-refractivity contribution < 1.29 is 24.5 Å². The second-order valence-electron chi connectivity index (χ2n) is 3.64. The van der Waals surface area contributed by atoms with Gasteiger partial charge in [-0.2, -0.15) is 0 Å². The maximum atomic E-state index is 10.9. The standard InChI is InChI=1S/C12H15NO5/c1-2-18-9-4-3-7(5-8(9)6-14)10(15)11(16)12(13)17/h3-6,10-11,15-16H,2H2,1H3,(H2,13,17). The summed E-state index contributed by atoms with van der Waals surface area (Å²) in [5.74, 6) is -0.666. The van der Waals surface area contributed by atoms with Gasteiger partial charge in [-0.1, -0.05) is 6.07 Å². The number of aldehydes is 1. The summed E-state index contributed by atoms with van der Waals surface area (Å²) in [6, 6.07) is 4.28. The van der Waals surface area contributed by atoms with Crippen molar-refractivity contribution in [2.24, 2.45) is 5.73 Å². The van der Waals surface area contributed by atoms with Crippen LogP contribution >= 0.6 is 0 Å². The van der Waals surface area contributed by atoms with Crippen LogP contribution in [0.2, 0.25) is 0 Å². The first-order valence-electron chi connectivity index (χ1n) is 5.38. The van der Waals surface area contributed by atoms with Crippen molar-refractivity contribution in [1.82, 2.24) is 0 Å². The summed E-state index contributed by atoms with van der Waals surface area (Å²) in [6.45, 7) is 2.17. The largest absolute Gasteiger partial charge is 0.493 e. The minimum atomic E-state index is -1.72. The number of aliphatic hydroxyl groups excluding tert-OH is 2. The van der Waals surface area contributed by atoms with E-state index in [1.54, 1.807) is 6.92 Å². The lowest BCUT2D eigenvalue weighted by Gasteiger charge is -2.16. The van der Waals surface area contributed by atoms with Crippen LogP contribution in [0.4, 0.5) is 0 Å². The Morgan fingerprint density at radius 3 is 2.67 bits per heavy atom. The second-order valence-corrected chi connectivity index (χ2v) is 3.64. The van der Waals surface area contributed by atoms with Crippen molar-refractivity contribution in [2.45, 2.75) is 19.1 Å². The Kier molecular flexibility index (Phi) is 4.82. The number of hydrogen-bond donors (Lipinski definition) is 3. The van der Waals surface area contributed by atoms with Crippen LogP contribution in [0.1, 0.15) is 28.9 Å². The van der Waals surface area contributed by atoms with Crippen LogP contribution in [0.5, 0.6) is 5.75 Å². The normalized spacial score (nSPS) is 13.7. The van der Waals surface area contributed by atoms with Crippen LogP contribution in [0.25, 0.3) is 0 Å². The molecule has 6 heteroatoms. The molecule has 0 aliphatic heterocycles. The molecule has 0 radical (unpaired) electrons. The van der Waals surface area contributed by atoms with E-state index in [9.17, 15) is 19.8 Å². The van der Waals surface area contributed by atoms with E-state index in [0.717, 1.165) is 0 Å². The number of carbonyl (C=O) groups excluding carboxylic acids is 2. The Hall–Kier alpha value is -1.92. The average Bonchev–Trinajstić information content (AvgIpc) is 2.37. The van der Waals surface area contributed by atoms with E-state index < -0.39 is 18.1 Å². The zero-order chi connectivity index (χ0) is 13.7. The number of primary amides is 1. The van der Waals surface area contributed by atoms with Crippen molar-refractivity contribution in [1.29, 1.82) is 0 Å². The van der Waals surface area contributed by atoms with Crippen LogP contribution in [-0.2, 0) is 4.79 Å². The van der Waals surface area contributed by atoms with Gasteiger partial charge in [0.2, 0.25) is 5.91 Å². The zero-order valence-electron chi connectivity index (χ0n) is 9.87. The maximum Gasteiger partial charge on any atom is 0.249 e. The van der Waals surface area contributed by atoms with Crippen LogP contribution in [0.3, 0.4) is 0 Å². The van der Waals surface area contributed by atoms with Crippen molar-refractivity contribution in [3.05, 3.63) is 29.3 Å². The summed E-state index contributed by atoms with van der Waals surface area (Å²) in [6.07, 6.45) is -2.63. The molecule has 4 N–H and O–H groups in total. The Morgan fingerprint density at radius 2 is 2.17 bits per heavy atom. The summed E-state index contributed by atoms with van der Waals surface area (Å²) in [7, 11) is 0. The Balaban J connectivity index is 3.04. The second kappa shape index (κ2) is 6.13. The molecule has 0 aliphatic carbocycles. The van der Waals surface area contributed by atoms with Gasteiger partial charge in [0.1, 0.15) is 11.9 Å². The highest BCUT2D eigenvalue weighted by atomic mass is 16.5. The minimum Gasteiger partial charge on any atom is -0.493 e. The first-order chi connectivity index (χ1) is 8.51. The molecule has 1 rings (SSSR count). The molecule has 1 amide bonds. The number of amides is 1. The van der Waals surface area contributed by atoms with Gasteiger partial charge in [-0.15, -0.1) is 0 Å². The van der Waals surface area contributed by atoms with Gasteiger partial charge in [0.25, 0.3) is 0 Å². The number of ether oxygens (including phenoxy) is 1. The lowest BCUT2D eigenvalue weighted by Crippen LogP contribution is -2.33.